The summed E-state index contributed by atoms with van der Waals surface area (Å²) in [5.74, 6) is 0.926. The van der Waals surface area contributed by atoms with Crippen molar-refractivity contribution in [1.29, 1.82) is 0 Å². The van der Waals surface area contributed by atoms with Gasteiger partial charge in [0.2, 0.25) is 0 Å². The minimum Gasteiger partial charge on any atom is -0.382 e. The number of nitrogens with two attached hydrogens (primary N) is 2. The third kappa shape index (κ3) is 4.56. The third-order valence-electron chi connectivity index (χ3n) is 1.44. The highest BCUT2D eigenvalue weighted by atomic mass is 32.2. The molecule has 0 aliphatic heterocycles. The number of nitrogens with zero attached hydrogens (tertiary/aromatic N) is 4. The maximum atomic E-state index is 5.30. The summed E-state index contributed by atoms with van der Waals surface area (Å²) in [6.07, 6.45) is 9.78. The molecule has 0 radical (unpaired) electrons. The second-order valence-electron chi connectivity index (χ2n) is 2.61. The number of aromatic nitrogens is 4. The van der Waals surface area contributed by atoms with Gasteiger partial charge in [0.25, 0.3) is 0 Å². The van der Waals surface area contributed by atoms with Crippen molar-refractivity contribution in [2.24, 2.45) is 0 Å². The average Bonchev–Trinajstić information content (AvgIpc) is 2.32. The predicted molar refractivity (Wildman–Crippen MR) is 64.7 cm³/mol. The fourth-order valence-electron chi connectivity index (χ4n) is 0.742. The molecule has 0 aliphatic carbocycles. The van der Waals surface area contributed by atoms with E-state index in [-0.39, 0.29) is 0 Å². The van der Waals surface area contributed by atoms with E-state index in [0.29, 0.717) is 11.6 Å². The minimum atomic E-state index is 0.461. The van der Waals surface area contributed by atoms with Crippen LogP contribution in [0.15, 0.2) is 36.0 Å². The number of rotatable bonds is 1. The van der Waals surface area contributed by atoms with Crippen LogP contribution in [0.2, 0.25) is 0 Å². The quantitative estimate of drug-likeness (QED) is 0.707. The van der Waals surface area contributed by atoms with Gasteiger partial charge in [-0.05, 0) is 6.26 Å². The first-order chi connectivity index (χ1) is 7.72. The summed E-state index contributed by atoms with van der Waals surface area (Å²) < 4.78 is 0. The molecule has 2 heterocycles. The van der Waals surface area contributed by atoms with E-state index in [1.807, 2.05) is 6.26 Å². The highest BCUT2D eigenvalue weighted by molar-refractivity contribution is 7.98. The van der Waals surface area contributed by atoms with E-state index >= 15 is 0 Å². The maximum Gasteiger partial charge on any atom is 0.141 e. The Kier molecular flexibility index (Phi) is 5.00. The Labute approximate surface area is 97.5 Å². The zero-order chi connectivity index (χ0) is 11.8. The Hall–Kier alpha value is -1.89. The molecule has 0 fully saturated rings. The lowest BCUT2D eigenvalue weighted by atomic mass is 10.7. The normalized spacial score (nSPS) is 9.06. The van der Waals surface area contributed by atoms with Crippen molar-refractivity contribution in [3.8, 4) is 0 Å². The molecule has 84 valence electrons. The van der Waals surface area contributed by atoms with E-state index in [4.69, 9.17) is 11.5 Å². The predicted octanol–water partition coefficient (Wildman–Crippen LogP) is 0.840. The lowest BCUT2D eigenvalue weighted by Gasteiger charge is -1.92. The van der Waals surface area contributed by atoms with Crippen molar-refractivity contribution in [2.75, 3.05) is 17.7 Å². The molecule has 0 amide bonds. The Morgan fingerprint density at radius 1 is 0.938 bits per heavy atom. The summed E-state index contributed by atoms with van der Waals surface area (Å²) in [6, 6.07) is 0. The molecule has 0 spiro atoms. The number of thioether (sulfide) groups is 1. The summed E-state index contributed by atoms with van der Waals surface area (Å²) in [4.78, 5) is 15.2. The Balaban J connectivity index is 0.000000165. The third-order valence-corrected chi connectivity index (χ3v) is 2.07. The molecule has 2 aromatic heterocycles. The first-order valence-corrected chi connectivity index (χ1v) is 5.58. The van der Waals surface area contributed by atoms with Gasteiger partial charge in [0.05, 0.1) is 18.6 Å². The van der Waals surface area contributed by atoms with Gasteiger partial charge < -0.3 is 11.5 Å². The molecular formula is C9H12N6S. The smallest absolute Gasteiger partial charge is 0.141 e. The summed E-state index contributed by atoms with van der Waals surface area (Å²) in [7, 11) is 0. The first-order valence-electron chi connectivity index (χ1n) is 4.35. The van der Waals surface area contributed by atoms with Crippen molar-refractivity contribution >= 4 is 23.4 Å². The van der Waals surface area contributed by atoms with Crippen LogP contribution < -0.4 is 11.5 Å². The van der Waals surface area contributed by atoms with Gasteiger partial charge in [-0.15, -0.1) is 11.8 Å². The lowest BCUT2D eigenvalue weighted by Crippen LogP contribution is -1.90. The molecule has 0 atom stereocenters. The van der Waals surface area contributed by atoms with Crippen molar-refractivity contribution in [2.45, 2.75) is 5.03 Å². The van der Waals surface area contributed by atoms with Crippen LogP contribution in [0.4, 0.5) is 11.6 Å². The van der Waals surface area contributed by atoms with Crippen LogP contribution in [-0.4, -0.2) is 26.2 Å². The van der Waals surface area contributed by atoms with Crippen LogP contribution in [0.25, 0.3) is 0 Å². The second-order valence-corrected chi connectivity index (χ2v) is 3.44. The number of nitrogen functional groups attached to an aromatic ring is 2. The summed E-state index contributed by atoms with van der Waals surface area (Å²) in [5.41, 5.74) is 10.5. The van der Waals surface area contributed by atoms with Crippen molar-refractivity contribution in [3.63, 3.8) is 0 Å². The molecule has 0 bridgehead atoms. The highest BCUT2D eigenvalue weighted by Gasteiger charge is 1.88. The van der Waals surface area contributed by atoms with E-state index in [2.05, 4.69) is 19.9 Å². The minimum absolute atomic E-state index is 0.461. The van der Waals surface area contributed by atoms with Crippen LogP contribution in [0, 0.1) is 0 Å². The number of hydrogen-bond donors (Lipinski definition) is 2. The number of hydrogen-bond acceptors (Lipinski definition) is 7. The second kappa shape index (κ2) is 6.57. The molecular weight excluding hydrogens is 224 g/mol. The molecule has 2 rings (SSSR count). The first kappa shape index (κ1) is 12.2. The molecule has 0 unspecified atom stereocenters. The standard InChI is InChI=1S/C5H7N3S.C4H5N3/c1-9-5-3-7-4(6)2-8-5;5-4-3-6-1-2-7-4/h2-3H,1H3,(H2,6,7);1-3H,(H2,5,7). The average molecular weight is 236 g/mol. The molecule has 2 aromatic rings. The van der Waals surface area contributed by atoms with Crippen molar-refractivity contribution in [1.82, 2.24) is 19.9 Å². The maximum absolute atomic E-state index is 5.30. The molecule has 0 saturated carbocycles. The Bertz CT molecular complexity index is 404. The monoisotopic (exact) mass is 236 g/mol. The van der Waals surface area contributed by atoms with Gasteiger partial charge in [0.15, 0.2) is 0 Å². The number of anilines is 2. The Morgan fingerprint density at radius 2 is 1.69 bits per heavy atom. The van der Waals surface area contributed by atoms with Crippen LogP contribution in [-0.2, 0) is 0 Å². The van der Waals surface area contributed by atoms with E-state index in [1.54, 1.807) is 36.5 Å². The van der Waals surface area contributed by atoms with E-state index in [0.717, 1.165) is 5.03 Å². The van der Waals surface area contributed by atoms with Crippen LogP contribution in [0.3, 0.4) is 0 Å². The van der Waals surface area contributed by atoms with E-state index < -0.39 is 0 Å². The molecule has 16 heavy (non-hydrogen) atoms. The van der Waals surface area contributed by atoms with Crippen molar-refractivity contribution in [3.05, 3.63) is 31.0 Å². The van der Waals surface area contributed by atoms with Gasteiger partial charge in [-0.1, -0.05) is 0 Å². The largest absolute Gasteiger partial charge is 0.382 e. The van der Waals surface area contributed by atoms with Gasteiger partial charge in [0.1, 0.15) is 16.7 Å². The van der Waals surface area contributed by atoms with E-state index in [9.17, 15) is 0 Å². The lowest BCUT2D eigenvalue weighted by molar-refractivity contribution is 1.07. The SMILES string of the molecule is CSc1cnc(N)cn1.Nc1cnccn1. The summed E-state index contributed by atoms with van der Waals surface area (Å²) >= 11 is 1.55. The van der Waals surface area contributed by atoms with Gasteiger partial charge in [0, 0.05) is 12.4 Å². The van der Waals surface area contributed by atoms with Gasteiger partial charge in [-0.25, -0.2) is 15.0 Å². The summed E-state index contributed by atoms with van der Waals surface area (Å²) in [6.45, 7) is 0. The van der Waals surface area contributed by atoms with Crippen molar-refractivity contribution < 1.29 is 0 Å². The van der Waals surface area contributed by atoms with Crippen LogP contribution in [0.1, 0.15) is 0 Å². The topological polar surface area (TPSA) is 104 Å². The molecule has 0 aliphatic rings. The van der Waals surface area contributed by atoms with Gasteiger partial charge in [-0.2, -0.15) is 0 Å². The summed E-state index contributed by atoms with van der Waals surface area (Å²) in [5, 5.41) is 0.893. The Morgan fingerprint density at radius 3 is 2.06 bits per heavy atom. The fourth-order valence-corrected chi connectivity index (χ4v) is 1.06. The molecule has 7 heteroatoms. The van der Waals surface area contributed by atoms with Gasteiger partial charge in [-0.3, -0.25) is 4.98 Å². The van der Waals surface area contributed by atoms with Crippen LogP contribution in [0.5, 0.6) is 0 Å². The van der Waals surface area contributed by atoms with Gasteiger partial charge >= 0.3 is 0 Å². The zero-order valence-electron chi connectivity index (χ0n) is 8.74. The zero-order valence-corrected chi connectivity index (χ0v) is 9.56. The van der Waals surface area contributed by atoms with E-state index in [1.165, 1.54) is 6.20 Å². The van der Waals surface area contributed by atoms with Crippen LogP contribution >= 0.6 is 11.8 Å². The highest BCUT2D eigenvalue weighted by Crippen LogP contribution is 2.08. The molecule has 6 nitrogen and oxygen atoms in total. The molecule has 4 N–H and O–H groups in total. The fraction of sp³-hybridized carbons (Fsp3) is 0.111. The molecule has 0 aromatic carbocycles. The molecule has 0 saturated heterocycles.